The second kappa shape index (κ2) is 5.52. The smallest absolute Gasteiger partial charge is 0.146 e. The zero-order valence-corrected chi connectivity index (χ0v) is 10.2. The van der Waals surface area contributed by atoms with Crippen LogP contribution in [-0.4, -0.2) is 15.0 Å². The predicted octanol–water partition coefficient (Wildman–Crippen LogP) is 0.509. The minimum absolute atomic E-state index is 0.146. The number of aryl methyl sites for hydroxylation is 1. The summed E-state index contributed by atoms with van der Waals surface area (Å²) >= 11 is 0. The number of hydrogen-bond acceptors (Lipinski definition) is 6. The third-order valence-electron chi connectivity index (χ3n) is 2.60. The molecule has 5 N–H and O–H groups in total. The maximum absolute atomic E-state index is 5.64. The van der Waals surface area contributed by atoms with Gasteiger partial charge >= 0.3 is 0 Å². The SMILES string of the molecule is Cc1cnc(C(Cc2ccnc(N)c2)NN)nc1. The van der Waals surface area contributed by atoms with Crippen LogP contribution in [0.3, 0.4) is 0 Å². The number of nitrogens with two attached hydrogens (primary N) is 2. The van der Waals surface area contributed by atoms with Crippen molar-refractivity contribution in [3.63, 3.8) is 0 Å². The van der Waals surface area contributed by atoms with Crippen LogP contribution in [0, 0.1) is 6.92 Å². The quantitative estimate of drug-likeness (QED) is 0.535. The van der Waals surface area contributed by atoms with Crippen molar-refractivity contribution in [2.45, 2.75) is 19.4 Å². The minimum Gasteiger partial charge on any atom is -0.384 e. The monoisotopic (exact) mass is 244 g/mol. The van der Waals surface area contributed by atoms with Crippen LogP contribution in [0.25, 0.3) is 0 Å². The van der Waals surface area contributed by atoms with Crippen molar-refractivity contribution in [1.82, 2.24) is 20.4 Å². The van der Waals surface area contributed by atoms with Gasteiger partial charge in [-0.2, -0.15) is 0 Å². The molecule has 0 saturated heterocycles. The Morgan fingerprint density at radius 1 is 1.28 bits per heavy atom. The Kier molecular flexibility index (Phi) is 3.81. The molecule has 0 radical (unpaired) electrons. The van der Waals surface area contributed by atoms with Crippen molar-refractivity contribution in [1.29, 1.82) is 0 Å². The summed E-state index contributed by atoms with van der Waals surface area (Å²) in [5.74, 6) is 6.71. The fraction of sp³-hybridized carbons (Fsp3) is 0.250. The summed E-state index contributed by atoms with van der Waals surface area (Å²) in [4.78, 5) is 12.5. The van der Waals surface area contributed by atoms with Gasteiger partial charge in [-0.05, 0) is 36.6 Å². The van der Waals surface area contributed by atoms with Crippen molar-refractivity contribution < 1.29 is 0 Å². The van der Waals surface area contributed by atoms with E-state index in [1.54, 1.807) is 18.6 Å². The first-order valence-electron chi connectivity index (χ1n) is 5.64. The Hall–Kier alpha value is -2.05. The Morgan fingerprint density at radius 2 is 2.00 bits per heavy atom. The molecule has 2 aromatic rings. The molecule has 0 aromatic carbocycles. The van der Waals surface area contributed by atoms with Gasteiger partial charge in [0.1, 0.15) is 11.6 Å². The maximum Gasteiger partial charge on any atom is 0.146 e. The topological polar surface area (TPSA) is 103 Å². The molecule has 2 heterocycles. The van der Waals surface area contributed by atoms with Gasteiger partial charge in [0.2, 0.25) is 0 Å². The third kappa shape index (κ3) is 2.99. The van der Waals surface area contributed by atoms with E-state index in [4.69, 9.17) is 11.6 Å². The molecule has 18 heavy (non-hydrogen) atoms. The van der Waals surface area contributed by atoms with Gasteiger partial charge in [0.25, 0.3) is 0 Å². The number of aromatic nitrogens is 3. The van der Waals surface area contributed by atoms with Crippen LogP contribution in [0.5, 0.6) is 0 Å². The Bertz CT molecular complexity index is 510. The van der Waals surface area contributed by atoms with E-state index in [9.17, 15) is 0 Å². The third-order valence-corrected chi connectivity index (χ3v) is 2.60. The molecule has 0 amide bonds. The molecule has 6 nitrogen and oxygen atoms in total. The van der Waals surface area contributed by atoms with E-state index in [-0.39, 0.29) is 6.04 Å². The molecule has 0 aliphatic carbocycles. The van der Waals surface area contributed by atoms with Crippen LogP contribution in [0.15, 0.2) is 30.7 Å². The van der Waals surface area contributed by atoms with Gasteiger partial charge in [-0.3, -0.25) is 5.84 Å². The molecule has 0 bridgehead atoms. The lowest BCUT2D eigenvalue weighted by atomic mass is 10.1. The molecule has 94 valence electrons. The summed E-state index contributed by atoms with van der Waals surface area (Å²) in [7, 11) is 0. The highest BCUT2D eigenvalue weighted by molar-refractivity contribution is 5.32. The number of rotatable bonds is 4. The van der Waals surface area contributed by atoms with Crippen LogP contribution in [0.4, 0.5) is 5.82 Å². The summed E-state index contributed by atoms with van der Waals surface area (Å²) in [5, 5.41) is 0. The lowest BCUT2D eigenvalue weighted by molar-refractivity contribution is 0.522. The zero-order chi connectivity index (χ0) is 13.0. The molecule has 0 saturated carbocycles. The number of hydrazine groups is 1. The summed E-state index contributed by atoms with van der Waals surface area (Å²) in [5.41, 5.74) is 10.4. The Labute approximate surface area is 105 Å². The molecular formula is C12H16N6. The molecule has 0 aliphatic heterocycles. The second-order valence-electron chi connectivity index (χ2n) is 4.13. The van der Waals surface area contributed by atoms with Crippen LogP contribution < -0.4 is 17.0 Å². The Balaban J connectivity index is 2.17. The highest BCUT2D eigenvalue weighted by atomic mass is 15.2. The van der Waals surface area contributed by atoms with Crippen molar-refractivity contribution in [2.24, 2.45) is 5.84 Å². The molecule has 0 aliphatic rings. The Morgan fingerprint density at radius 3 is 2.61 bits per heavy atom. The van der Waals surface area contributed by atoms with Crippen molar-refractivity contribution >= 4 is 5.82 Å². The number of nitrogen functional groups attached to an aromatic ring is 1. The number of anilines is 1. The largest absolute Gasteiger partial charge is 0.384 e. The lowest BCUT2D eigenvalue weighted by Crippen LogP contribution is -2.31. The average molecular weight is 244 g/mol. The molecule has 2 rings (SSSR count). The van der Waals surface area contributed by atoms with Gasteiger partial charge in [0.05, 0.1) is 6.04 Å². The molecule has 0 spiro atoms. The summed E-state index contributed by atoms with van der Waals surface area (Å²) in [6, 6.07) is 3.57. The molecule has 2 aromatic heterocycles. The van der Waals surface area contributed by atoms with Gasteiger partial charge in [-0.25, -0.2) is 20.4 Å². The predicted molar refractivity (Wildman–Crippen MR) is 69.2 cm³/mol. The molecule has 1 unspecified atom stereocenters. The van der Waals surface area contributed by atoms with Crippen LogP contribution in [0.1, 0.15) is 23.0 Å². The number of nitrogens with zero attached hydrogens (tertiary/aromatic N) is 3. The van der Waals surface area contributed by atoms with Crippen LogP contribution in [-0.2, 0) is 6.42 Å². The number of pyridine rings is 1. The number of hydrogen-bond donors (Lipinski definition) is 3. The minimum atomic E-state index is -0.146. The first-order chi connectivity index (χ1) is 8.69. The first-order valence-corrected chi connectivity index (χ1v) is 5.64. The highest BCUT2D eigenvalue weighted by Crippen LogP contribution is 2.15. The van der Waals surface area contributed by atoms with E-state index in [2.05, 4.69) is 20.4 Å². The van der Waals surface area contributed by atoms with E-state index in [0.717, 1.165) is 11.1 Å². The summed E-state index contributed by atoms with van der Waals surface area (Å²) in [6.45, 7) is 1.94. The fourth-order valence-corrected chi connectivity index (χ4v) is 1.66. The first kappa shape index (κ1) is 12.4. The molecule has 0 fully saturated rings. The number of nitrogens with one attached hydrogen (secondary N) is 1. The lowest BCUT2D eigenvalue weighted by Gasteiger charge is -2.14. The second-order valence-corrected chi connectivity index (χ2v) is 4.13. The van der Waals surface area contributed by atoms with Gasteiger partial charge in [-0.1, -0.05) is 0 Å². The summed E-state index contributed by atoms with van der Waals surface area (Å²) in [6.07, 6.45) is 5.88. The van der Waals surface area contributed by atoms with Crippen LogP contribution >= 0.6 is 0 Å². The van der Waals surface area contributed by atoms with Crippen molar-refractivity contribution in [2.75, 3.05) is 5.73 Å². The van der Waals surface area contributed by atoms with E-state index in [1.165, 1.54) is 0 Å². The standard InChI is InChI=1S/C12H16N6/c1-8-6-16-12(17-7-8)10(18-14)4-9-2-3-15-11(13)5-9/h2-3,5-7,10,18H,4,14H2,1H3,(H2,13,15). The fourth-order valence-electron chi connectivity index (χ4n) is 1.66. The van der Waals surface area contributed by atoms with E-state index in [1.807, 2.05) is 19.1 Å². The molecule has 6 heteroatoms. The van der Waals surface area contributed by atoms with E-state index >= 15 is 0 Å². The van der Waals surface area contributed by atoms with Gasteiger partial charge in [0.15, 0.2) is 0 Å². The molecule has 1 atom stereocenters. The van der Waals surface area contributed by atoms with Gasteiger partial charge < -0.3 is 5.73 Å². The maximum atomic E-state index is 5.64. The summed E-state index contributed by atoms with van der Waals surface area (Å²) < 4.78 is 0. The van der Waals surface area contributed by atoms with Crippen LogP contribution in [0.2, 0.25) is 0 Å². The zero-order valence-electron chi connectivity index (χ0n) is 10.2. The van der Waals surface area contributed by atoms with Crippen molar-refractivity contribution in [3.05, 3.63) is 47.7 Å². The normalized spacial score (nSPS) is 12.3. The van der Waals surface area contributed by atoms with Gasteiger partial charge in [-0.15, -0.1) is 0 Å². The highest BCUT2D eigenvalue weighted by Gasteiger charge is 2.13. The average Bonchev–Trinajstić information content (AvgIpc) is 2.37. The van der Waals surface area contributed by atoms with E-state index in [0.29, 0.717) is 18.1 Å². The van der Waals surface area contributed by atoms with E-state index < -0.39 is 0 Å². The molecular weight excluding hydrogens is 228 g/mol. The van der Waals surface area contributed by atoms with Gasteiger partial charge in [0, 0.05) is 18.6 Å². The van der Waals surface area contributed by atoms with Crippen molar-refractivity contribution in [3.8, 4) is 0 Å².